The van der Waals surface area contributed by atoms with E-state index in [1.807, 2.05) is 30.3 Å². The minimum Gasteiger partial charge on any atom is -0.494 e. The molecule has 3 aliphatic rings. The molecule has 3 fully saturated rings. The van der Waals surface area contributed by atoms with E-state index >= 15 is 0 Å². The fraction of sp³-hybridized carbons (Fsp3) is 0.517. The van der Waals surface area contributed by atoms with E-state index in [2.05, 4.69) is 34.3 Å². The van der Waals surface area contributed by atoms with Crippen molar-refractivity contribution in [2.45, 2.75) is 57.7 Å². The molecule has 0 unspecified atom stereocenters. The molecule has 0 bridgehead atoms. The topological polar surface area (TPSA) is 68.6 Å². The van der Waals surface area contributed by atoms with E-state index < -0.39 is 0 Å². The molecule has 2 saturated heterocycles. The molecule has 36 heavy (non-hydrogen) atoms. The van der Waals surface area contributed by atoms with Gasteiger partial charge in [0.05, 0.1) is 35.4 Å². The molecule has 3 aromatic rings. The molecule has 190 valence electrons. The zero-order valence-electron chi connectivity index (χ0n) is 21.1. The van der Waals surface area contributed by atoms with Crippen LogP contribution in [0.3, 0.4) is 0 Å². The Kier molecular flexibility index (Phi) is 6.44. The molecule has 2 aromatic carbocycles. The summed E-state index contributed by atoms with van der Waals surface area (Å²) in [5.41, 5.74) is 3.18. The number of anilines is 1. The quantitative estimate of drug-likeness (QED) is 0.477. The number of hydrogen-bond donors (Lipinski definition) is 1. The van der Waals surface area contributed by atoms with E-state index in [1.165, 1.54) is 31.6 Å². The molecule has 1 aromatic heterocycles. The monoisotopic (exact) mass is 488 g/mol. The molecule has 7 heteroatoms. The summed E-state index contributed by atoms with van der Waals surface area (Å²) in [5, 5.41) is 3.97. The predicted molar refractivity (Wildman–Crippen MR) is 142 cm³/mol. The van der Waals surface area contributed by atoms with Crippen molar-refractivity contribution in [3.8, 4) is 11.4 Å². The number of ether oxygens (including phenoxy) is 2. The minimum absolute atomic E-state index is 0.0814. The molecule has 0 radical (unpaired) electrons. The van der Waals surface area contributed by atoms with Gasteiger partial charge in [0.1, 0.15) is 12.1 Å². The van der Waals surface area contributed by atoms with E-state index in [0.29, 0.717) is 40.9 Å². The zero-order chi connectivity index (χ0) is 24.5. The first-order valence-corrected chi connectivity index (χ1v) is 13.5. The highest BCUT2D eigenvalue weighted by atomic mass is 16.5. The summed E-state index contributed by atoms with van der Waals surface area (Å²) in [6.07, 6.45) is 9.14. The van der Waals surface area contributed by atoms with Crippen LogP contribution in [0.2, 0.25) is 0 Å². The minimum atomic E-state index is -0.0814. The second-order valence-corrected chi connectivity index (χ2v) is 10.8. The summed E-state index contributed by atoms with van der Waals surface area (Å²) < 4.78 is 13.8. The Hall–Kier alpha value is -2.90. The first kappa shape index (κ1) is 23.5. The van der Waals surface area contributed by atoms with Gasteiger partial charge in [0.25, 0.3) is 5.56 Å². The van der Waals surface area contributed by atoms with E-state index in [4.69, 9.17) is 9.47 Å². The van der Waals surface area contributed by atoms with Gasteiger partial charge in [-0.2, -0.15) is 0 Å². The molecule has 7 nitrogen and oxygen atoms in total. The van der Waals surface area contributed by atoms with Crippen LogP contribution in [-0.4, -0.2) is 54.5 Å². The molecule has 1 saturated carbocycles. The van der Waals surface area contributed by atoms with E-state index in [-0.39, 0.29) is 5.56 Å². The normalized spacial score (nSPS) is 19.9. The van der Waals surface area contributed by atoms with E-state index in [1.54, 1.807) is 10.9 Å². The lowest BCUT2D eigenvalue weighted by molar-refractivity contribution is -0.135. The largest absolute Gasteiger partial charge is 0.494 e. The van der Waals surface area contributed by atoms with E-state index in [0.717, 1.165) is 44.5 Å². The molecule has 6 rings (SSSR count). The van der Waals surface area contributed by atoms with Crippen LogP contribution in [0.25, 0.3) is 16.6 Å². The highest BCUT2D eigenvalue weighted by Crippen LogP contribution is 2.46. The van der Waals surface area contributed by atoms with Crippen molar-refractivity contribution < 1.29 is 9.47 Å². The fourth-order valence-electron chi connectivity index (χ4n) is 5.83. The van der Waals surface area contributed by atoms with Crippen molar-refractivity contribution in [1.82, 2.24) is 14.9 Å². The number of rotatable bonds is 8. The number of hydrogen-bond acceptors (Lipinski definition) is 6. The number of nitrogens with zero attached hydrogens (tertiary/aromatic N) is 3. The van der Waals surface area contributed by atoms with Gasteiger partial charge in [-0.05, 0) is 74.6 Å². The number of benzene rings is 2. The van der Waals surface area contributed by atoms with Gasteiger partial charge in [-0.3, -0.25) is 9.36 Å². The van der Waals surface area contributed by atoms with Crippen LogP contribution in [0.4, 0.5) is 5.69 Å². The molecular weight excluding hydrogens is 452 g/mol. The van der Waals surface area contributed by atoms with Crippen LogP contribution in [0, 0.1) is 5.41 Å². The van der Waals surface area contributed by atoms with Crippen molar-refractivity contribution in [3.63, 3.8) is 0 Å². The molecule has 0 atom stereocenters. The lowest BCUT2D eigenvalue weighted by atomic mass is 9.63. The highest BCUT2D eigenvalue weighted by molar-refractivity contribution is 5.79. The second kappa shape index (κ2) is 9.87. The maximum atomic E-state index is 13.3. The van der Waals surface area contributed by atoms with Crippen LogP contribution in [-0.2, 0) is 4.74 Å². The molecule has 1 N–H and O–H groups in total. The maximum Gasteiger partial charge on any atom is 0.265 e. The van der Waals surface area contributed by atoms with Crippen LogP contribution < -0.4 is 20.5 Å². The van der Waals surface area contributed by atoms with Gasteiger partial charge in [0, 0.05) is 37.3 Å². The van der Waals surface area contributed by atoms with Crippen LogP contribution in [0.1, 0.15) is 45.4 Å². The van der Waals surface area contributed by atoms with Crippen LogP contribution >= 0.6 is 0 Å². The first-order valence-electron chi connectivity index (χ1n) is 13.5. The summed E-state index contributed by atoms with van der Waals surface area (Å²) in [6, 6.07) is 13.8. The van der Waals surface area contributed by atoms with E-state index in [9.17, 15) is 4.79 Å². The lowest BCUT2D eigenvalue weighted by Gasteiger charge is -2.54. The van der Waals surface area contributed by atoms with Gasteiger partial charge in [-0.1, -0.05) is 13.3 Å². The average molecular weight is 489 g/mol. The third-order valence-corrected chi connectivity index (χ3v) is 8.14. The fourth-order valence-corrected chi connectivity index (χ4v) is 5.83. The highest BCUT2D eigenvalue weighted by Gasteiger charge is 2.49. The van der Waals surface area contributed by atoms with Crippen LogP contribution in [0.15, 0.2) is 53.6 Å². The molecule has 3 heterocycles. The van der Waals surface area contributed by atoms with Crippen LogP contribution in [0.5, 0.6) is 5.75 Å². The smallest absolute Gasteiger partial charge is 0.265 e. The molecule has 1 aliphatic carbocycles. The SMILES string of the molecule is CCCCOc1ccc2ncn(-c3ccc(N4CCC(OC5CC6(CNC6)C5)CC4)cc3)c(=O)c2c1. The maximum absolute atomic E-state index is 13.3. The summed E-state index contributed by atoms with van der Waals surface area (Å²) in [7, 11) is 0. The first-order chi connectivity index (χ1) is 17.6. The Morgan fingerprint density at radius 2 is 1.78 bits per heavy atom. The summed E-state index contributed by atoms with van der Waals surface area (Å²) >= 11 is 0. The number of fused-ring (bicyclic) bond motifs is 1. The molecule has 1 spiro atoms. The third kappa shape index (κ3) is 4.62. The van der Waals surface area contributed by atoms with Gasteiger partial charge < -0.3 is 19.7 Å². The number of piperidine rings is 1. The Balaban J connectivity index is 1.09. The Labute approximate surface area is 212 Å². The molecular formula is C29H36N4O3. The Morgan fingerprint density at radius 1 is 1.03 bits per heavy atom. The third-order valence-electron chi connectivity index (χ3n) is 8.14. The Bertz CT molecular complexity index is 1250. The van der Waals surface area contributed by atoms with Crippen molar-refractivity contribution in [3.05, 3.63) is 59.1 Å². The van der Waals surface area contributed by atoms with Gasteiger partial charge in [0.2, 0.25) is 0 Å². The number of unbranched alkanes of at least 4 members (excludes halogenated alkanes) is 1. The molecule has 0 amide bonds. The average Bonchev–Trinajstić information content (AvgIpc) is 2.86. The summed E-state index contributed by atoms with van der Waals surface area (Å²) in [4.78, 5) is 20.2. The predicted octanol–water partition coefficient (Wildman–Crippen LogP) is 4.30. The van der Waals surface area contributed by atoms with Crippen molar-refractivity contribution in [2.24, 2.45) is 5.41 Å². The Morgan fingerprint density at radius 3 is 2.47 bits per heavy atom. The number of nitrogens with one attached hydrogen (secondary N) is 1. The summed E-state index contributed by atoms with van der Waals surface area (Å²) in [5.74, 6) is 0.715. The lowest BCUT2D eigenvalue weighted by Crippen LogP contribution is -2.62. The van der Waals surface area contributed by atoms with Gasteiger partial charge in [-0.15, -0.1) is 0 Å². The van der Waals surface area contributed by atoms with Gasteiger partial charge >= 0.3 is 0 Å². The van der Waals surface area contributed by atoms with Gasteiger partial charge in [0.15, 0.2) is 0 Å². The summed E-state index contributed by atoms with van der Waals surface area (Å²) in [6.45, 7) is 7.14. The van der Waals surface area contributed by atoms with Crippen molar-refractivity contribution >= 4 is 16.6 Å². The standard InChI is InChI=1S/C29H36N4O3/c1-2-3-14-35-24-8-9-27-26(15-24)28(34)33(20-31-27)22-6-4-21(5-7-22)32-12-10-23(11-13-32)36-25-16-29(17-25)18-30-19-29/h4-9,15,20,23,25,30H,2-3,10-14,16-19H2,1H3. The van der Waals surface area contributed by atoms with Gasteiger partial charge in [-0.25, -0.2) is 4.98 Å². The zero-order valence-corrected chi connectivity index (χ0v) is 21.1. The second-order valence-electron chi connectivity index (χ2n) is 10.8. The van der Waals surface area contributed by atoms with Crippen molar-refractivity contribution in [2.75, 3.05) is 37.7 Å². The number of aromatic nitrogens is 2. The van der Waals surface area contributed by atoms with Crippen molar-refractivity contribution in [1.29, 1.82) is 0 Å². The molecule has 2 aliphatic heterocycles.